The van der Waals surface area contributed by atoms with Gasteiger partial charge in [-0.2, -0.15) is 0 Å². The largest absolute Gasteiger partial charge is 0.322 e. The molecule has 0 spiro atoms. The molecule has 1 aliphatic carbocycles. The van der Waals surface area contributed by atoms with Gasteiger partial charge in [0.1, 0.15) is 0 Å². The number of allylic oxidation sites excluding steroid dienone is 2. The highest BCUT2D eigenvalue weighted by Gasteiger charge is 2.35. The molecular weight excluding hydrogens is 280 g/mol. The molecule has 2 aromatic rings. The van der Waals surface area contributed by atoms with E-state index in [1.165, 1.54) is 11.1 Å². The lowest BCUT2D eigenvalue weighted by molar-refractivity contribution is 0.487. The molecule has 3 rings (SSSR count). The van der Waals surface area contributed by atoms with E-state index in [-0.39, 0.29) is 6.04 Å². The molecule has 0 radical (unpaired) electrons. The Morgan fingerprint density at radius 1 is 0.957 bits per heavy atom. The Morgan fingerprint density at radius 3 is 2.26 bits per heavy atom. The second-order valence-corrected chi connectivity index (χ2v) is 6.52. The zero-order valence-electron chi connectivity index (χ0n) is 13.7. The normalized spacial score (nSPS) is 23.9. The van der Waals surface area contributed by atoms with Crippen molar-refractivity contribution < 1.29 is 0 Å². The zero-order valence-corrected chi connectivity index (χ0v) is 13.7. The topological polar surface area (TPSA) is 52.0 Å². The lowest BCUT2D eigenvalue weighted by atomic mass is 9.75. The van der Waals surface area contributed by atoms with Crippen molar-refractivity contribution in [3.05, 3.63) is 89.5 Å². The third-order valence-corrected chi connectivity index (χ3v) is 4.61. The summed E-state index contributed by atoms with van der Waals surface area (Å²) in [7, 11) is 0. The molecule has 0 amide bonds. The molecule has 0 fully saturated rings. The Kier molecular flexibility index (Phi) is 4.20. The first kappa shape index (κ1) is 15.7. The summed E-state index contributed by atoms with van der Waals surface area (Å²) in [6.45, 7) is 4.37. The van der Waals surface area contributed by atoms with Crippen molar-refractivity contribution in [2.24, 2.45) is 11.5 Å². The van der Waals surface area contributed by atoms with Gasteiger partial charge in [-0.25, -0.2) is 0 Å². The van der Waals surface area contributed by atoms with Gasteiger partial charge < -0.3 is 11.5 Å². The number of rotatable bonds is 3. The molecule has 118 valence electrons. The van der Waals surface area contributed by atoms with Crippen molar-refractivity contribution in [3.63, 3.8) is 0 Å². The van der Waals surface area contributed by atoms with Crippen LogP contribution in [0.4, 0.5) is 0 Å². The average molecular weight is 304 g/mol. The number of benzene rings is 2. The summed E-state index contributed by atoms with van der Waals surface area (Å²) < 4.78 is 0. The fourth-order valence-electron chi connectivity index (χ4n) is 3.21. The lowest BCUT2D eigenvalue weighted by Crippen LogP contribution is -2.51. The van der Waals surface area contributed by atoms with Crippen molar-refractivity contribution in [2.45, 2.75) is 31.3 Å². The van der Waals surface area contributed by atoms with Crippen LogP contribution in [0.25, 0.3) is 5.57 Å². The summed E-state index contributed by atoms with van der Waals surface area (Å²) in [6.07, 6.45) is 6.23. The van der Waals surface area contributed by atoms with Crippen LogP contribution in [0.2, 0.25) is 0 Å². The summed E-state index contributed by atoms with van der Waals surface area (Å²) >= 11 is 0. The predicted molar refractivity (Wildman–Crippen MR) is 97.9 cm³/mol. The van der Waals surface area contributed by atoms with E-state index in [0.717, 1.165) is 11.1 Å². The second-order valence-electron chi connectivity index (χ2n) is 6.52. The summed E-state index contributed by atoms with van der Waals surface area (Å²) in [5.74, 6) is 0.409. The average Bonchev–Trinajstić information content (AvgIpc) is 2.58. The van der Waals surface area contributed by atoms with E-state index in [9.17, 15) is 0 Å². The highest BCUT2D eigenvalue weighted by Crippen LogP contribution is 2.35. The van der Waals surface area contributed by atoms with Crippen LogP contribution >= 0.6 is 0 Å². The first-order chi connectivity index (χ1) is 11.0. The molecule has 4 N–H and O–H groups in total. The predicted octanol–water partition coefficient (Wildman–Crippen LogP) is 3.94. The Labute approximate surface area is 138 Å². The summed E-state index contributed by atoms with van der Waals surface area (Å²) in [5.41, 5.74) is 17.2. The highest BCUT2D eigenvalue weighted by atomic mass is 14.9. The van der Waals surface area contributed by atoms with Crippen LogP contribution in [-0.4, -0.2) is 6.04 Å². The fourth-order valence-corrected chi connectivity index (χ4v) is 3.21. The Bertz CT molecular complexity index is 743. The van der Waals surface area contributed by atoms with Crippen molar-refractivity contribution in [3.8, 4) is 0 Å². The zero-order chi connectivity index (χ0) is 16.4. The maximum atomic E-state index is 6.75. The Hall–Kier alpha value is -2.16. The Balaban J connectivity index is 2.00. The maximum absolute atomic E-state index is 6.75. The van der Waals surface area contributed by atoms with E-state index in [1.807, 2.05) is 24.3 Å². The third kappa shape index (κ3) is 2.88. The molecule has 0 aliphatic heterocycles. The van der Waals surface area contributed by atoms with Crippen LogP contribution in [-0.2, 0) is 5.54 Å². The smallest absolute Gasteiger partial charge is 0.0791 e. The molecular formula is C21H24N2. The second kappa shape index (κ2) is 6.15. The van der Waals surface area contributed by atoms with Gasteiger partial charge in [-0.15, -0.1) is 0 Å². The fraction of sp³-hybridized carbons (Fsp3) is 0.238. The van der Waals surface area contributed by atoms with Crippen molar-refractivity contribution in [1.82, 2.24) is 0 Å². The standard InChI is InChI=1S/C21H24N2/c1-15(2)18-10-6-7-11-19(18)21(23)13-12-17(14-20(21)22)16-8-4-3-5-9-16/h3-15,20H,22-23H2,1-2H3. The van der Waals surface area contributed by atoms with Gasteiger partial charge in [0, 0.05) is 6.04 Å². The summed E-state index contributed by atoms with van der Waals surface area (Å²) in [4.78, 5) is 0. The molecule has 0 saturated carbocycles. The Morgan fingerprint density at radius 2 is 1.61 bits per heavy atom. The summed E-state index contributed by atoms with van der Waals surface area (Å²) in [5, 5.41) is 0. The number of hydrogen-bond donors (Lipinski definition) is 2. The minimum Gasteiger partial charge on any atom is -0.322 e. The minimum atomic E-state index is -0.668. The first-order valence-electron chi connectivity index (χ1n) is 8.12. The molecule has 23 heavy (non-hydrogen) atoms. The minimum absolute atomic E-state index is 0.261. The first-order valence-corrected chi connectivity index (χ1v) is 8.12. The van der Waals surface area contributed by atoms with E-state index in [0.29, 0.717) is 5.92 Å². The monoisotopic (exact) mass is 304 g/mol. The van der Waals surface area contributed by atoms with Crippen LogP contribution < -0.4 is 11.5 Å². The molecule has 0 heterocycles. The van der Waals surface area contributed by atoms with Crippen molar-refractivity contribution in [2.75, 3.05) is 0 Å². The van der Waals surface area contributed by atoms with Crippen LogP contribution in [0.1, 0.15) is 36.5 Å². The molecule has 2 nitrogen and oxygen atoms in total. The van der Waals surface area contributed by atoms with Crippen LogP contribution in [0.5, 0.6) is 0 Å². The van der Waals surface area contributed by atoms with Gasteiger partial charge >= 0.3 is 0 Å². The van der Waals surface area contributed by atoms with Gasteiger partial charge in [0.05, 0.1) is 5.54 Å². The molecule has 2 aromatic carbocycles. The van der Waals surface area contributed by atoms with Gasteiger partial charge in [0.25, 0.3) is 0 Å². The molecule has 0 aromatic heterocycles. The summed E-state index contributed by atoms with van der Waals surface area (Å²) in [6, 6.07) is 18.3. The van der Waals surface area contributed by atoms with E-state index < -0.39 is 5.54 Å². The van der Waals surface area contributed by atoms with Gasteiger partial charge in [0.15, 0.2) is 0 Å². The molecule has 2 heteroatoms. The van der Waals surface area contributed by atoms with E-state index in [2.05, 4.69) is 62.4 Å². The van der Waals surface area contributed by atoms with Crippen LogP contribution in [0.3, 0.4) is 0 Å². The van der Waals surface area contributed by atoms with Gasteiger partial charge in [0.2, 0.25) is 0 Å². The molecule has 0 bridgehead atoms. The van der Waals surface area contributed by atoms with E-state index in [4.69, 9.17) is 11.5 Å². The van der Waals surface area contributed by atoms with Crippen LogP contribution in [0, 0.1) is 0 Å². The number of hydrogen-bond acceptors (Lipinski definition) is 2. The maximum Gasteiger partial charge on any atom is 0.0791 e. The van der Waals surface area contributed by atoms with Gasteiger partial charge in [-0.05, 0) is 28.2 Å². The molecule has 2 unspecified atom stereocenters. The number of nitrogens with two attached hydrogens (primary N) is 2. The van der Waals surface area contributed by atoms with Crippen molar-refractivity contribution in [1.29, 1.82) is 0 Å². The highest BCUT2D eigenvalue weighted by molar-refractivity contribution is 5.76. The lowest BCUT2D eigenvalue weighted by Gasteiger charge is -2.36. The SMILES string of the molecule is CC(C)c1ccccc1C1(N)C=CC(c2ccccc2)=CC1N. The molecule has 1 aliphatic rings. The van der Waals surface area contributed by atoms with Crippen LogP contribution in [0.15, 0.2) is 72.8 Å². The quantitative estimate of drug-likeness (QED) is 0.902. The molecule has 0 saturated heterocycles. The van der Waals surface area contributed by atoms with E-state index >= 15 is 0 Å². The molecule has 2 atom stereocenters. The van der Waals surface area contributed by atoms with Crippen molar-refractivity contribution >= 4 is 5.57 Å². The van der Waals surface area contributed by atoms with E-state index in [1.54, 1.807) is 0 Å². The van der Waals surface area contributed by atoms with Gasteiger partial charge in [-0.3, -0.25) is 0 Å². The third-order valence-electron chi connectivity index (χ3n) is 4.61. The van der Waals surface area contributed by atoms with Gasteiger partial charge in [-0.1, -0.05) is 86.7 Å².